The van der Waals surface area contributed by atoms with Gasteiger partial charge < -0.3 is 5.32 Å². The summed E-state index contributed by atoms with van der Waals surface area (Å²) in [5.41, 5.74) is 1.22. The fourth-order valence-corrected chi connectivity index (χ4v) is 4.11. The molecule has 0 saturated heterocycles. The van der Waals surface area contributed by atoms with E-state index >= 15 is 0 Å². The molecule has 6 heteroatoms. The average molecular weight is 385 g/mol. The lowest BCUT2D eigenvalue weighted by Gasteiger charge is -2.18. The second-order valence-electron chi connectivity index (χ2n) is 6.70. The summed E-state index contributed by atoms with van der Waals surface area (Å²) in [5.74, 6) is 0.197. The number of benzene rings is 2. The standard InChI is InChI=1S/C21H24N2O3S/c24-21(22-15-17-8-3-1-4-9-17)19-12-7-13-20(14-19)27(25,26)23-16-18-10-5-2-6-11-18/h1-3,5-7,10-14,17,23H,4,8-9,15-16H2,(H,22,24). The Morgan fingerprint density at radius 1 is 1.04 bits per heavy atom. The number of rotatable bonds is 7. The molecule has 0 aromatic heterocycles. The Balaban J connectivity index is 1.63. The van der Waals surface area contributed by atoms with Gasteiger partial charge in [0.1, 0.15) is 0 Å². The van der Waals surface area contributed by atoms with Crippen LogP contribution in [0.25, 0.3) is 0 Å². The van der Waals surface area contributed by atoms with E-state index in [0.717, 1.165) is 24.8 Å². The maximum Gasteiger partial charge on any atom is 0.251 e. The Labute approximate surface area is 160 Å². The van der Waals surface area contributed by atoms with Crippen LogP contribution in [-0.2, 0) is 16.6 Å². The summed E-state index contributed by atoms with van der Waals surface area (Å²) in [7, 11) is -3.69. The van der Waals surface area contributed by atoms with Crippen molar-refractivity contribution in [2.45, 2.75) is 30.7 Å². The molecule has 2 aromatic carbocycles. The van der Waals surface area contributed by atoms with Gasteiger partial charge in [0, 0.05) is 18.7 Å². The Hall–Kier alpha value is -2.44. The van der Waals surface area contributed by atoms with Crippen molar-refractivity contribution in [2.24, 2.45) is 5.92 Å². The summed E-state index contributed by atoms with van der Waals surface area (Å²) in [6.07, 6.45) is 7.38. The highest BCUT2D eigenvalue weighted by atomic mass is 32.2. The van der Waals surface area contributed by atoms with Gasteiger partial charge in [0.15, 0.2) is 0 Å². The zero-order valence-corrected chi connectivity index (χ0v) is 15.9. The third-order valence-corrected chi connectivity index (χ3v) is 6.04. The number of nitrogens with one attached hydrogen (secondary N) is 2. The third kappa shape index (κ3) is 5.52. The van der Waals surface area contributed by atoms with Crippen molar-refractivity contribution in [3.63, 3.8) is 0 Å². The second kappa shape index (κ2) is 8.97. The van der Waals surface area contributed by atoms with E-state index < -0.39 is 10.0 Å². The molecule has 0 aliphatic heterocycles. The first-order chi connectivity index (χ1) is 13.0. The van der Waals surface area contributed by atoms with Crippen LogP contribution in [0.5, 0.6) is 0 Å². The van der Waals surface area contributed by atoms with E-state index in [4.69, 9.17) is 0 Å². The van der Waals surface area contributed by atoms with Gasteiger partial charge in [-0.15, -0.1) is 0 Å². The maximum absolute atomic E-state index is 12.5. The molecule has 0 fully saturated rings. The Kier molecular flexibility index (Phi) is 6.42. The van der Waals surface area contributed by atoms with Crippen molar-refractivity contribution in [3.05, 3.63) is 77.9 Å². The minimum Gasteiger partial charge on any atom is -0.352 e. The van der Waals surface area contributed by atoms with E-state index in [1.54, 1.807) is 12.1 Å². The molecule has 3 rings (SSSR count). The molecule has 0 radical (unpaired) electrons. The number of allylic oxidation sites excluding steroid dienone is 2. The lowest BCUT2D eigenvalue weighted by Crippen LogP contribution is -2.30. The van der Waals surface area contributed by atoms with Crippen LogP contribution in [-0.4, -0.2) is 20.9 Å². The average Bonchev–Trinajstić information content (AvgIpc) is 2.72. The summed E-state index contributed by atoms with van der Waals surface area (Å²) < 4.78 is 27.6. The first kappa shape index (κ1) is 19.3. The predicted molar refractivity (Wildman–Crippen MR) is 106 cm³/mol. The molecule has 0 bridgehead atoms. The SMILES string of the molecule is O=C(NCC1CC=CCC1)c1cccc(S(=O)(=O)NCc2ccccc2)c1. The summed E-state index contributed by atoms with van der Waals surface area (Å²) in [4.78, 5) is 12.5. The number of hydrogen-bond donors (Lipinski definition) is 2. The smallest absolute Gasteiger partial charge is 0.251 e. The molecule has 142 valence electrons. The Morgan fingerprint density at radius 3 is 2.59 bits per heavy atom. The normalized spacial score (nSPS) is 16.8. The van der Waals surface area contributed by atoms with Crippen molar-refractivity contribution in [2.75, 3.05) is 6.54 Å². The maximum atomic E-state index is 12.5. The molecule has 1 amide bonds. The van der Waals surface area contributed by atoms with Gasteiger partial charge in [0.25, 0.3) is 5.91 Å². The van der Waals surface area contributed by atoms with E-state index in [-0.39, 0.29) is 17.3 Å². The summed E-state index contributed by atoms with van der Waals surface area (Å²) in [5, 5.41) is 2.92. The molecule has 1 unspecified atom stereocenters. The first-order valence-corrected chi connectivity index (χ1v) is 10.6. The van der Waals surface area contributed by atoms with Gasteiger partial charge >= 0.3 is 0 Å². The first-order valence-electron chi connectivity index (χ1n) is 9.11. The number of carbonyl (C=O) groups is 1. The summed E-state index contributed by atoms with van der Waals surface area (Å²) >= 11 is 0. The molecule has 2 aromatic rings. The topological polar surface area (TPSA) is 75.3 Å². The van der Waals surface area contributed by atoms with E-state index in [0.29, 0.717) is 18.0 Å². The van der Waals surface area contributed by atoms with Crippen molar-refractivity contribution in [1.82, 2.24) is 10.0 Å². The van der Waals surface area contributed by atoms with Crippen LogP contribution in [0.2, 0.25) is 0 Å². The summed E-state index contributed by atoms with van der Waals surface area (Å²) in [6, 6.07) is 15.4. The van der Waals surface area contributed by atoms with Crippen LogP contribution in [0.1, 0.15) is 35.2 Å². The van der Waals surface area contributed by atoms with Crippen LogP contribution in [0.3, 0.4) is 0 Å². The molecular weight excluding hydrogens is 360 g/mol. The number of amides is 1. The van der Waals surface area contributed by atoms with Crippen LogP contribution in [0.15, 0.2) is 71.6 Å². The van der Waals surface area contributed by atoms with E-state index in [2.05, 4.69) is 22.2 Å². The minimum absolute atomic E-state index is 0.0895. The summed E-state index contributed by atoms with van der Waals surface area (Å²) in [6.45, 7) is 0.807. The number of hydrogen-bond acceptors (Lipinski definition) is 3. The minimum atomic E-state index is -3.69. The fraction of sp³-hybridized carbons (Fsp3) is 0.286. The van der Waals surface area contributed by atoms with Gasteiger partial charge in [-0.1, -0.05) is 48.6 Å². The Morgan fingerprint density at radius 2 is 1.85 bits per heavy atom. The van der Waals surface area contributed by atoms with Crippen molar-refractivity contribution in [1.29, 1.82) is 0 Å². The van der Waals surface area contributed by atoms with Gasteiger partial charge in [0.2, 0.25) is 10.0 Å². The molecule has 27 heavy (non-hydrogen) atoms. The molecule has 5 nitrogen and oxygen atoms in total. The molecule has 0 heterocycles. The molecular formula is C21H24N2O3S. The third-order valence-electron chi connectivity index (χ3n) is 4.64. The van der Waals surface area contributed by atoms with Crippen LogP contribution >= 0.6 is 0 Å². The zero-order valence-electron chi connectivity index (χ0n) is 15.1. The molecule has 0 spiro atoms. The lowest BCUT2D eigenvalue weighted by molar-refractivity contribution is 0.0946. The van der Waals surface area contributed by atoms with Crippen molar-refractivity contribution < 1.29 is 13.2 Å². The highest BCUT2D eigenvalue weighted by Crippen LogP contribution is 2.17. The highest BCUT2D eigenvalue weighted by Gasteiger charge is 2.17. The molecule has 1 aliphatic rings. The predicted octanol–water partition coefficient (Wildman–Crippen LogP) is 3.25. The van der Waals surface area contributed by atoms with E-state index in [9.17, 15) is 13.2 Å². The monoisotopic (exact) mass is 384 g/mol. The lowest BCUT2D eigenvalue weighted by atomic mass is 9.94. The quantitative estimate of drug-likeness (QED) is 0.720. The van der Waals surface area contributed by atoms with Crippen LogP contribution in [0.4, 0.5) is 0 Å². The Bertz CT molecular complexity index is 908. The zero-order chi connectivity index (χ0) is 19.1. The van der Waals surface area contributed by atoms with Gasteiger partial charge in [0.05, 0.1) is 4.90 Å². The molecule has 2 N–H and O–H groups in total. The van der Waals surface area contributed by atoms with Gasteiger partial charge in [-0.2, -0.15) is 0 Å². The highest BCUT2D eigenvalue weighted by molar-refractivity contribution is 7.89. The van der Waals surface area contributed by atoms with E-state index in [1.807, 2.05) is 30.3 Å². The molecule has 1 atom stereocenters. The molecule has 1 aliphatic carbocycles. The van der Waals surface area contributed by atoms with E-state index in [1.165, 1.54) is 12.1 Å². The largest absolute Gasteiger partial charge is 0.352 e. The van der Waals surface area contributed by atoms with Crippen LogP contribution in [0, 0.1) is 5.92 Å². The number of carbonyl (C=O) groups excluding carboxylic acids is 1. The van der Waals surface area contributed by atoms with Crippen molar-refractivity contribution >= 4 is 15.9 Å². The number of sulfonamides is 1. The van der Waals surface area contributed by atoms with Crippen molar-refractivity contribution in [3.8, 4) is 0 Å². The molecule has 0 saturated carbocycles. The fourth-order valence-electron chi connectivity index (χ4n) is 3.04. The van der Waals surface area contributed by atoms with Gasteiger partial charge in [-0.25, -0.2) is 13.1 Å². The van der Waals surface area contributed by atoms with Gasteiger partial charge in [-0.05, 0) is 48.9 Å². The van der Waals surface area contributed by atoms with Gasteiger partial charge in [-0.3, -0.25) is 4.79 Å². The second-order valence-corrected chi connectivity index (χ2v) is 8.47. The van der Waals surface area contributed by atoms with Crippen LogP contribution < -0.4 is 10.0 Å².